The fourth-order valence-electron chi connectivity index (χ4n) is 21.5. The standard InChI is InChI=1S/C19H27N5O3.C18H25N5O3.C12H17N3O3.C6H10N2O.CH4O3S.CH4/c1-17-7-12(15(20)25)24(13(17)8-17)16(26)14(22-23-21)18-3-10-2-11(4-18)6-19(27,5-10)9-18;19-15(24)13-3-11-2-12(11)23(13)16(25)14(21-22-20)17-4-9-1-10(5-17)7-18(26,6-9)8-17;13-15-14-9(10(16)17)11-2-7-1-8(3-11)5-12(18,4-7)6-11;7-6(9)5-2-3-1-4(3)8-5;1-5(2,3)4;/h10-14,27H,2-9H2,1H3,(H2,20,25);9-14,26H,1-8H2,(H2,19,24);7-9,18H,1-6H2,(H,16,17);3-5,8H,1-2H2,(H2,7,9);1H3,(H,2,3,4);1H4/t10?,11?,12-,13-,14-,17+,18?,19?;9?,10?,11-,12-,13-,14+,17?,18?;;3-,4-,5-;;/m00.0../s1. The van der Waals surface area contributed by atoms with Crippen LogP contribution in [0.3, 0.4) is 0 Å². The number of piperidine rings is 3. The number of hydrogen-bond donors (Lipinski definition) is 9. The molecule has 0 aromatic rings. The molecule has 0 radical (unpaired) electrons. The first-order valence-corrected chi connectivity index (χ1v) is 32.3. The monoisotopic (exact) mass is 1220 g/mol. The number of rotatable bonds is 12. The number of nitrogens with two attached hydrogens (primary N) is 3. The van der Waals surface area contributed by atoms with Crippen molar-refractivity contribution < 1.29 is 62.2 Å². The van der Waals surface area contributed by atoms with Crippen LogP contribution in [-0.4, -0.2) is 156 Å². The summed E-state index contributed by atoms with van der Waals surface area (Å²) < 4.78 is 25.9. The van der Waals surface area contributed by atoms with Crippen molar-refractivity contribution in [3.8, 4) is 0 Å². The van der Waals surface area contributed by atoms with Crippen molar-refractivity contribution >= 4 is 45.6 Å². The summed E-state index contributed by atoms with van der Waals surface area (Å²) in [4.78, 5) is 84.8. The van der Waals surface area contributed by atoms with Crippen LogP contribution in [0.1, 0.15) is 168 Å². The third-order valence-corrected chi connectivity index (χ3v) is 23.3. The van der Waals surface area contributed by atoms with Crippen molar-refractivity contribution in [1.29, 1.82) is 0 Å². The summed E-state index contributed by atoms with van der Waals surface area (Å²) in [5.74, 6) is 0.750. The molecule has 18 aliphatic rings. The number of nitrogens with one attached hydrogen (secondary N) is 1. The molecule has 474 valence electrons. The molecule has 12 bridgehead atoms. The predicted molar refractivity (Wildman–Crippen MR) is 307 cm³/mol. The summed E-state index contributed by atoms with van der Waals surface area (Å²) in [7, 11) is -3.67. The molecule has 12 N–H and O–H groups in total. The van der Waals surface area contributed by atoms with E-state index in [1.165, 1.54) is 6.42 Å². The van der Waals surface area contributed by atoms with Gasteiger partial charge in [-0.25, -0.2) is 0 Å². The lowest BCUT2D eigenvalue weighted by Crippen LogP contribution is -2.62. The lowest BCUT2D eigenvalue weighted by atomic mass is 9.46. The molecule has 3 aliphatic heterocycles. The summed E-state index contributed by atoms with van der Waals surface area (Å²) >= 11 is 0. The van der Waals surface area contributed by atoms with Crippen LogP contribution in [0.15, 0.2) is 15.3 Å². The third kappa shape index (κ3) is 12.1. The Labute approximate surface area is 499 Å². The summed E-state index contributed by atoms with van der Waals surface area (Å²) in [5, 5.41) is 56.5. The molecule has 7 unspecified atom stereocenters. The number of primary amides is 3. The Kier molecular flexibility index (Phi) is 16.4. The van der Waals surface area contributed by atoms with E-state index in [4.69, 9.17) is 27.3 Å². The molecule has 15 aliphatic carbocycles. The maximum atomic E-state index is 13.6. The summed E-state index contributed by atoms with van der Waals surface area (Å²) in [6.45, 7) is 2.08. The highest BCUT2D eigenvalue weighted by atomic mass is 32.2. The quantitative estimate of drug-likeness (QED) is 0.0550. The van der Waals surface area contributed by atoms with Crippen molar-refractivity contribution in [2.75, 3.05) is 6.26 Å². The molecular formula is C57H87N15O13S. The van der Waals surface area contributed by atoms with Gasteiger partial charge in [-0.3, -0.25) is 33.3 Å². The van der Waals surface area contributed by atoms with E-state index in [2.05, 4.69) is 42.3 Å². The molecule has 3 heterocycles. The number of amides is 5. The molecule has 0 aromatic carbocycles. The van der Waals surface area contributed by atoms with Gasteiger partial charge in [0.2, 0.25) is 29.5 Å². The van der Waals surface area contributed by atoms with Crippen LogP contribution >= 0.6 is 0 Å². The number of carboxylic acids is 1. The Morgan fingerprint density at radius 3 is 1.26 bits per heavy atom. The van der Waals surface area contributed by atoms with Crippen LogP contribution in [0, 0.1) is 69.0 Å². The van der Waals surface area contributed by atoms with Gasteiger partial charge in [0.05, 0.1) is 29.1 Å². The molecular weight excluding hydrogens is 1130 g/mol. The van der Waals surface area contributed by atoms with Gasteiger partial charge >= 0.3 is 5.97 Å². The second-order valence-electron chi connectivity index (χ2n) is 30.2. The van der Waals surface area contributed by atoms with Gasteiger partial charge < -0.3 is 52.7 Å². The largest absolute Gasteiger partial charge is 0.481 e. The van der Waals surface area contributed by atoms with E-state index in [0.29, 0.717) is 85.8 Å². The molecule has 0 aromatic heterocycles. The smallest absolute Gasteiger partial charge is 0.313 e. The van der Waals surface area contributed by atoms with E-state index < -0.39 is 91.2 Å². The number of likely N-dealkylation sites (tertiary alicyclic amines) is 2. The van der Waals surface area contributed by atoms with Crippen LogP contribution in [0.25, 0.3) is 31.3 Å². The van der Waals surface area contributed by atoms with Crippen LogP contribution in [0.4, 0.5) is 0 Å². The van der Waals surface area contributed by atoms with Gasteiger partial charge in [0.1, 0.15) is 30.2 Å². The number of aliphatic hydroxyl groups is 3. The molecule has 18 fully saturated rings. The van der Waals surface area contributed by atoms with Crippen molar-refractivity contribution in [3.63, 3.8) is 0 Å². The summed E-state index contributed by atoms with van der Waals surface area (Å²) in [6, 6.07) is -3.24. The van der Waals surface area contributed by atoms with E-state index in [9.17, 15) is 68.7 Å². The fraction of sp³-hybridized carbons (Fsp3) is 0.895. The molecule has 5 amide bonds. The van der Waals surface area contributed by atoms with E-state index >= 15 is 0 Å². The normalized spacial score (nSPS) is 45.7. The van der Waals surface area contributed by atoms with Gasteiger partial charge in [0.15, 0.2) is 0 Å². The first-order chi connectivity index (χ1) is 39.8. The van der Waals surface area contributed by atoms with Gasteiger partial charge in [-0.05, 0) is 240 Å². The third-order valence-electron chi connectivity index (χ3n) is 23.3. The van der Waals surface area contributed by atoms with Gasteiger partial charge in [-0.15, -0.1) is 0 Å². The average Bonchev–Trinajstić information content (AvgIpc) is 1.38. The highest BCUT2D eigenvalue weighted by molar-refractivity contribution is 7.85. The zero-order valence-electron chi connectivity index (χ0n) is 48.3. The first-order valence-electron chi connectivity index (χ1n) is 30.5. The Bertz CT molecular complexity index is 3000. The molecule has 18 atom stereocenters. The summed E-state index contributed by atoms with van der Waals surface area (Å²) in [5.41, 5.74) is 39.5. The number of nitrogens with zero attached hydrogens (tertiary/aromatic N) is 11. The second-order valence-corrected chi connectivity index (χ2v) is 31.7. The molecule has 0 spiro atoms. The lowest BCUT2D eigenvalue weighted by molar-refractivity contribution is -0.180. The number of carbonyl (C=O) groups excluding carboxylic acids is 5. The minimum absolute atomic E-state index is 0. The van der Waals surface area contributed by atoms with Crippen LogP contribution < -0.4 is 22.5 Å². The highest BCUT2D eigenvalue weighted by Crippen LogP contribution is 2.67. The topological polar surface area (TPSA) is 481 Å². The van der Waals surface area contributed by atoms with Crippen molar-refractivity contribution in [2.24, 2.45) is 102 Å². The van der Waals surface area contributed by atoms with E-state index in [0.717, 1.165) is 121 Å². The van der Waals surface area contributed by atoms with Gasteiger partial charge in [0, 0.05) is 32.9 Å². The molecule has 86 heavy (non-hydrogen) atoms. The van der Waals surface area contributed by atoms with Crippen LogP contribution in [0.2, 0.25) is 0 Å². The van der Waals surface area contributed by atoms with Crippen molar-refractivity contribution in [2.45, 2.75) is 240 Å². The highest BCUT2D eigenvalue weighted by Gasteiger charge is 2.69. The molecule has 29 heteroatoms. The zero-order valence-corrected chi connectivity index (χ0v) is 49.2. The van der Waals surface area contributed by atoms with Gasteiger partial charge in [-0.1, -0.05) is 29.7 Å². The number of hydrogen-bond acceptors (Lipinski definition) is 15. The van der Waals surface area contributed by atoms with Crippen LogP contribution in [0.5, 0.6) is 0 Å². The van der Waals surface area contributed by atoms with Gasteiger partial charge in [0.25, 0.3) is 10.1 Å². The minimum Gasteiger partial charge on any atom is -0.481 e. The Morgan fingerprint density at radius 1 is 0.547 bits per heavy atom. The number of aliphatic carboxylic acids is 1. The average molecular weight is 1220 g/mol. The number of carboxylic acid groups (broad SMARTS) is 1. The van der Waals surface area contributed by atoms with E-state index in [1.54, 1.807) is 9.80 Å². The van der Waals surface area contributed by atoms with Crippen molar-refractivity contribution in [3.05, 3.63) is 31.3 Å². The molecule has 15 saturated carbocycles. The van der Waals surface area contributed by atoms with Crippen molar-refractivity contribution in [1.82, 2.24) is 15.1 Å². The Hall–Kier alpha value is -5.50. The molecule has 18 rings (SSSR count). The van der Waals surface area contributed by atoms with Crippen LogP contribution in [-0.2, 0) is 38.9 Å². The Morgan fingerprint density at radius 2 is 0.930 bits per heavy atom. The fourth-order valence-corrected chi connectivity index (χ4v) is 21.5. The lowest BCUT2D eigenvalue weighted by Gasteiger charge is -2.61. The summed E-state index contributed by atoms with van der Waals surface area (Å²) in [6.07, 6.45) is 20.3. The molecule has 3 saturated heterocycles. The van der Waals surface area contributed by atoms with E-state index in [1.807, 2.05) is 0 Å². The maximum Gasteiger partial charge on any atom is 0.313 e. The number of carbonyl (C=O) groups is 6. The van der Waals surface area contributed by atoms with Gasteiger partial charge in [-0.2, -0.15) is 8.42 Å². The van der Waals surface area contributed by atoms with E-state index in [-0.39, 0.29) is 48.7 Å². The Balaban J connectivity index is 0.000000129. The second kappa shape index (κ2) is 22.2. The zero-order chi connectivity index (χ0) is 61.4. The number of fused-ring (bicyclic) bond motifs is 3. The molecule has 28 nitrogen and oxygen atoms in total. The number of azide groups is 3. The maximum absolute atomic E-state index is 13.6. The first kappa shape index (κ1) is 63.5. The predicted octanol–water partition coefficient (Wildman–Crippen LogP) is 4.78. The SMILES string of the molecule is C.CS(=O)(=O)O.C[C@@]12C[C@@H]1N(C(=O)[C@H](N=[N+]=[N-])C13CC4CC(CC(O)(C4)C1)C3)[C@H](C(N)=O)C2.NC(=O)[C@@H]1C[C@@H]2C[C@@H]2N1.[N-]=[N+]=NC(C(=O)O)C12CC3CC(CC(O)(C3)C1)C2.[N-]=[N+]=N[C@H](C(=O)N1[C@H](C(N)=O)C[C@@H]2C[C@@H]21)C12CC3CC(CC(O)(C3)C1)C2. The minimum atomic E-state index is -3.67.